The van der Waals surface area contributed by atoms with E-state index in [4.69, 9.17) is 18.6 Å². The molecule has 0 aromatic carbocycles. The molecule has 0 bridgehead atoms. The number of nitrogens with one attached hydrogen (secondary N) is 2. The van der Waals surface area contributed by atoms with Crippen LogP contribution in [0.4, 0.5) is 0 Å². The molecular weight excluding hydrogens is 168 g/mol. The van der Waals surface area contributed by atoms with Gasteiger partial charge >= 0.3 is 0 Å². The van der Waals surface area contributed by atoms with Crippen LogP contribution in [-0.4, -0.2) is 17.2 Å². The molecule has 2 nitrogen and oxygen atoms in total. The molecule has 1 rings (SSSR count). The van der Waals surface area contributed by atoms with Crippen LogP contribution in [0.15, 0.2) is 0 Å². The van der Waals surface area contributed by atoms with Crippen molar-refractivity contribution in [2.24, 2.45) is 0 Å². The van der Waals surface area contributed by atoms with E-state index in [0.717, 1.165) is 0 Å². The lowest BCUT2D eigenvalue weighted by atomic mass is 9.79. The van der Waals surface area contributed by atoms with Crippen molar-refractivity contribution in [1.82, 2.24) is 10.6 Å². The van der Waals surface area contributed by atoms with Crippen molar-refractivity contribution >= 4 is 17.3 Å². The molecule has 0 aliphatic heterocycles. The fraction of sp³-hybridized carbons (Fsp3) is 0.667. The molecule has 0 aromatic heterocycles. The van der Waals surface area contributed by atoms with Crippen LogP contribution in [0, 0.1) is 12.3 Å². The minimum absolute atomic E-state index is 0.221. The second-order valence-electron chi connectivity index (χ2n) is 3.43. The molecule has 0 unspecified atom stereocenters. The molecule has 0 radical (unpaired) electrons. The normalized spacial score (nSPS) is 18.7. The van der Waals surface area contributed by atoms with E-state index in [1.807, 2.05) is 0 Å². The van der Waals surface area contributed by atoms with E-state index in [1.54, 1.807) is 0 Å². The summed E-state index contributed by atoms with van der Waals surface area (Å²) in [6.07, 6.45) is 8.78. The molecule has 1 saturated carbocycles. The van der Waals surface area contributed by atoms with E-state index in [-0.39, 0.29) is 5.54 Å². The average Bonchev–Trinajstić information content (AvgIpc) is 1.98. The van der Waals surface area contributed by atoms with Crippen LogP contribution >= 0.6 is 12.2 Å². The maximum atomic E-state index is 5.09. The number of hydrogen-bond donors (Lipinski definition) is 2. The Balaban J connectivity index is 2.22. The summed E-state index contributed by atoms with van der Waals surface area (Å²) in [6.45, 7) is 2.68. The van der Waals surface area contributed by atoms with Gasteiger partial charge in [0.1, 0.15) is 0 Å². The Kier molecular flexibility index (Phi) is 2.93. The molecule has 0 spiro atoms. The van der Waals surface area contributed by atoms with Gasteiger partial charge in [-0.2, -0.15) is 0 Å². The van der Waals surface area contributed by atoms with Crippen molar-refractivity contribution in [2.75, 3.05) is 6.54 Å². The highest BCUT2D eigenvalue weighted by Gasteiger charge is 2.31. The monoisotopic (exact) mass is 182 g/mol. The predicted molar refractivity (Wildman–Crippen MR) is 54.8 cm³/mol. The highest BCUT2D eigenvalue weighted by Crippen LogP contribution is 2.30. The van der Waals surface area contributed by atoms with Gasteiger partial charge in [0.05, 0.1) is 6.54 Å². The molecule has 66 valence electrons. The lowest BCUT2D eigenvalue weighted by molar-refractivity contribution is 0.243. The average molecular weight is 182 g/mol. The second-order valence-corrected chi connectivity index (χ2v) is 3.83. The van der Waals surface area contributed by atoms with Crippen LogP contribution in [0.25, 0.3) is 0 Å². The van der Waals surface area contributed by atoms with Gasteiger partial charge in [-0.15, -0.1) is 6.42 Å². The molecule has 12 heavy (non-hydrogen) atoms. The van der Waals surface area contributed by atoms with Gasteiger partial charge in [-0.25, -0.2) is 0 Å². The molecule has 0 saturated heterocycles. The number of terminal acetylenes is 1. The lowest BCUT2D eigenvalue weighted by Crippen LogP contribution is -2.54. The zero-order valence-corrected chi connectivity index (χ0v) is 8.13. The molecule has 0 atom stereocenters. The Bertz CT molecular complexity index is 213. The smallest absolute Gasteiger partial charge is 0.167 e. The molecule has 1 fully saturated rings. The summed E-state index contributed by atoms with van der Waals surface area (Å²) in [5.74, 6) is 2.48. The van der Waals surface area contributed by atoms with Crippen molar-refractivity contribution in [1.29, 1.82) is 0 Å². The number of hydrogen-bond acceptors (Lipinski definition) is 1. The minimum Gasteiger partial charge on any atom is -0.358 e. The van der Waals surface area contributed by atoms with Gasteiger partial charge in [-0.1, -0.05) is 5.92 Å². The van der Waals surface area contributed by atoms with Crippen LogP contribution in [0.2, 0.25) is 0 Å². The van der Waals surface area contributed by atoms with Gasteiger partial charge in [0.15, 0.2) is 5.11 Å². The van der Waals surface area contributed by atoms with Gasteiger partial charge < -0.3 is 10.6 Å². The Morgan fingerprint density at radius 3 is 2.75 bits per heavy atom. The molecule has 2 N–H and O–H groups in total. The third-order valence-electron chi connectivity index (χ3n) is 2.22. The standard InChI is InChI=1S/C9H14N2S/c1-3-7-10-8(12)11-9(2)5-4-6-9/h1H,4-7H2,2H3,(H2,10,11,12). The van der Waals surface area contributed by atoms with E-state index in [9.17, 15) is 0 Å². The zero-order chi connectivity index (χ0) is 9.03. The summed E-state index contributed by atoms with van der Waals surface area (Å²) < 4.78 is 0. The van der Waals surface area contributed by atoms with Gasteiger partial charge in [0.25, 0.3) is 0 Å². The van der Waals surface area contributed by atoms with Crippen molar-refractivity contribution in [3.8, 4) is 12.3 Å². The molecular formula is C9H14N2S. The fourth-order valence-electron chi connectivity index (χ4n) is 1.28. The summed E-state index contributed by atoms with van der Waals surface area (Å²) in [6, 6.07) is 0. The van der Waals surface area contributed by atoms with E-state index < -0.39 is 0 Å². The maximum absolute atomic E-state index is 5.09. The largest absolute Gasteiger partial charge is 0.358 e. The first kappa shape index (κ1) is 9.34. The van der Waals surface area contributed by atoms with Gasteiger partial charge in [-0.05, 0) is 38.4 Å². The lowest BCUT2D eigenvalue weighted by Gasteiger charge is -2.40. The Hall–Kier alpha value is -0.750. The number of rotatable bonds is 2. The van der Waals surface area contributed by atoms with Crippen molar-refractivity contribution in [3.05, 3.63) is 0 Å². The third-order valence-corrected chi connectivity index (χ3v) is 2.47. The minimum atomic E-state index is 0.221. The summed E-state index contributed by atoms with van der Waals surface area (Å²) in [5, 5.41) is 6.87. The summed E-state index contributed by atoms with van der Waals surface area (Å²) in [7, 11) is 0. The van der Waals surface area contributed by atoms with Crippen LogP contribution in [0.1, 0.15) is 26.2 Å². The van der Waals surface area contributed by atoms with E-state index in [0.29, 0.717) is 11.7 Å². The molecule has 0 heterocycles. The topological polar surface area (TPSA) is 24.1 Å². The molecule has 1 aliphatic carbocycles. The third kappa shape index (κ3) is 2.38. The summed E-state index contributed by atoms with van der Waals surface area (Å²) in [5.41, 5.74) is 0.221. The van der Waals surface area contributed by atoms with Crippen LogP contribution in [0.5, 0.6) is 0 Å². The van der Waals surface area contributed by atoms with Gasteiger partial charge in [-0.3, -0.25) is 0 Å². The van der Waals surface area contributed by atoms with Crippen LogP contribution in [-0.2, 0) is 0 Å². The SMILES string of the molecule is C#CCNC(=S)NC1(C)CCC1. The summed E-state index contributed by atoms with van der Waals surface area (Å²) in [4.78, 5) is 0. The van der Waals surface area contributed by atoms with Crippen LogP contribution < -0.4 is 10.6 Å². The van der Waals surface area contributed by atoms with E-state index >= 15 is 0 Å². The maximum Gasteiger partial charge on any atom is 0.167 e. The molecule has 3 heteroatoms. The Labute approximate surface area is 79.1 Å². The summed E-state index contributed by atoms with van der Waals surface area (Å²) >= 11 is 5.05. The van der Waals surface area contributed by atoms with Crippen LogP contribution in [0.3, 0.4) is 0 Å². The van der Waals surface area contributed by atoms with Crippen molar-refractivity contribution < 1.29 is 0 Å². The first-order valence-electron chi connectivity index (χ1n) is 4.16. The molecule has 0 aromatic rings. The fourth-order valence-corrected chi connectivity index (χ4v) is 1.60. The van der Waals surface area contributed by atoms with E-state index in [1.165, 1.54) is 19.3 Å². The zero-order valence-electron chi connectivity index (χ0n) is 7.31. The Morgan fingerprint density at radius 1 is 1.67 bits per heavy atom. The molecule has 0 amide bonds. The molecule has 1 aliphatic rings. The highest BCUT2D eigenvalue weighted by molar-refractivity contribution is 7.80. The first-order valence-corrected chi connectivity index (χ1v) is 4.57. The first-order chi connectivity index (χ1) is 5.66. The predicted octanol–water partition coefficient (Wildman–Crippen LogP) is 1.03. The van der Waals surface area contributed by atoms with E-state index in [2.05, 4.69) is 23.5 Å². The van der Waals surface area contributed by atoms with Gasteiger partial charge in [0.2, 0.25) is 0 Å². The highest BCUT2D eigenvalue weighted by atomic mass is 32.1. The number of thiocarbonyl (C=S) groups is 1. The van der Waals surface area contributed by atoms with Crippen molar-refractivity contribution in [3.63, 3.8) is 0 Å². The Morgan fingerprint density at radius 2 is 2.33 bits per heavy atom. The second kappa shape index (κ2) is 3.77. The van der Waals surface area contributed by atoms with Crippen molar-refractivity contribution in [2.45, 2.75) is 31.7 Å². The quantitative estimate of drug-likeness (QED) is 0.492. The van der Waals surface area contributed by atoms with Gasteiger partial charge in [0, 0.05) is 5.54 Å².